The van der Waals surface area contributed by atoms with Crippen LogP contribution in [0.3, 0.4) is 0 Å². The van der Waals surface area contributed by atoms with Crippen LogP contribution in [0.15, 0.2) is 47.4 Å². The third-order valence-corrected chi connectivity index (χ3v) is 7.19. The number of piperazine rings is 1. The summed E-state index contributed by atoms with van der Waals surface area (Å²) in [6.45, 7) is 8.51. The first-order chi connectivity index (χ1) is 14.6. The van der Waals surface area contributed by atoms with Crippen LogP contribution >= 0.6 is 0 Å². The number of hydrogen-bond donors (Lipinski definition) is 2. The highest BCUT2D eigenvalue weighted by molar-refractivity contribution is 7.89. The number of anilines is 1. The Hall–Kier alpha value is -2.71. The molecule has 31 heavy (non-hydrogen) atoms. The highest BCUT2D eigenvalue weighted by Gasteiger charge is 2.29. The third-order valence-electron chi connectivity index (χ3n) is 5.35. The summed E-state index contributed by atoms with van der Waals surface area (Å²) < 4.78 is 27.1. The molecule has 1 fully saturated rings. The van der Waals surface area contributed by atoms with Crippen molar-refractivity contribution in [1.29, 1.82) is 0 Å². The highest BCUT2D eigenvalue weighted by atomic mass is 32.2. The van der Waals surface area contributed by atoms with Crippen LogP contribution in [0.2, 0.25) is 0 Å². The van der Waals surface area contributed by atoms with E-state index in [1.165, 1.54) is 12.1 Å². The number of amides is 2. The van der Waals surface area contributed by atoms with Crippen molar-refractivity contribution in [1.82, 2.24) is 9.62 Å². The Bertz CT molecular complexity index is 1070. The number of benzene rings is 2. The Labute approximate surface area is 183 Å². The van der Waals surface area contributed by atoms with Gasteiger partial charge in [0, 0.05) is 24.3 Å². The molecule has 0 unspecified atom stereocenters. The summed E-state index contributed by atoms with van der Waals surface area (Å²) in [6, 6.07) is 11.9. The maximum absolute atomic E-state index is 13.1. The fourth-order valence-corrected chi connectivity index (χ4v) is 5.09. The number of carbonyl (C=O) groups is 2. The van der Waals surface area contributed by atoms with E-state index in [2.05, 4.69) is 38.3 Å². The largest absolute Gasteiger partial charge is 0.354 e. The van der Waals surface area contributed by atoms with E-state index in [4.69, 9.17) is 0 Å². The van der Waals surface area contributed by atoms with Gasteiger partial charge in [-0.15, -0.1) is 0 Å². The van der Waals surface area contributed by atoms with Gasteiger partial charge in [0.1, 0.15) is 0 Å². The lowest BCUT2D eigenvalue weighted by atomic mass is 9.92. The molecule has 0 spiro atoms. The fourth-order valence-electron chi connectivity index (χ4n) is 3.65. The van der Waals surface area contributed by atoms with Crippen molar-refractivity contribution < 1.29 is 18.0 Å². The molecule has 2 amide bonds. The van der Waals surface area contributed by atoms with Gasteiger partial charge in [-0.2, -0.15) is 4.31 Å². The molecule has 1 saturated heterocycles. The molecule has 0 atom stereocenters. The van der Waals surface area contributed by atoms with E-state index in [1.807, 2.05) is 18.2 Å². The molecular formula is C23H29N3O4S. The molecule has 8 heteroatoms. The van der Waals surface area contributed by atoms with Crippen LogP contribution in [0.4, 0.5) is 5.69 Å². The standard InChI is InChI=1S/C23H29N3O4S/c1-15(2)19-9-6-10-20(16(3)4)22(19)25-23(28)17-7-5-8-18(13-17)31(29,30)26-12-11-24-21(27)14-26/h5-10,13,15-16H,11-12,14H2,1-4H3,(H,24,27)(H,25,28). The van der Waals surface area contributed by atoms with E-state index in [9.17, 15) is 18.0 Å². The predicted molar refractivity (Wildman–Crippen MR) is 121 cm³/mol. The van der Waals surface area contributed by atoms with Crippen LogP contribution in [0.1, 0.15) is 61.0 Å². The minimum atomic E-state index is -3.87. The molecule has 0 radical (unpaired) electrons. The number of rotatable bonds is 6. The average molecular weight is 444 g/mol. The van der Waals surface area contributed by atoms with E-state index >= 15 is 0 Å². The highest BCUT2D eigenvalue weighted by Crippen LogP contribution is 2.32. The van der Waals surface area contributed by atoms with Gasteiger partial charge in [0.05, 0.1) is 11.4 Å². The zero-order valence-electron chi connectivity index (χ0n) is 18.3. The van der Waals surface area contributed by atoms with Crippen LogP contribution in [0.25, 0.3) is 0 Å². The van der Waals surface area contributed by atoms with Crippen molar-refractivity contribution in [2.75, 3.05) is 25.0 Å². The van der Waals surface area contributed by atoms with Gasteiger partial charge in [0.25, 0.3) is 5.91 Å². The van der Waals surface area contributed by atoms with Gasteiger partial charge in [0.15, 0.2) is 0 Å². The lowest BCUT2D eigenvalue weighted by Crippen LogP contribution is -2.49. The second-order valence-electron chi connectivity index (χ2n) is 8.29. The Kier molecular flexibility index (Phi) is 6.81. The molecular weight excluding hydrogens is 414 g/mol. The molecule has 2 aromatic carbocycles. The van der Waals surface area contributed by atoms with Crippen LogP contribution in [-0.2, 0) is 14.8 Å². The summed E-state index contributed by atoms with van der Waals surface area (Å²) in [5, 5.41) is 5.62. The summed E-state index contributed by atoms with van der Waals surface area (Å²) in [4.78, 5) is 24.7. The average Bonchev–Trinajstić information content (AvgIpc) is 2.73. The Balaban J connectivity index is 1.92. The first-order valence-electron chi connectivity index (χ1n) is 10.4. The molecule has 2 aromatic rings. The minimum Gasteiger partial charge on any atom is -0.354 e. The Morgan fingerprint density at radius 1 is 1.03 bits per heavy atom. The van der Waals surface area contributed by atoms with Gasteiger partial charge in [-0.1, -0.05) is 52.0 Å². The molecule has 7 nitrogen and oxygen atoms in total. The number of nitrogens with zero attached hydrogens (tertiary/aromatic N) is 1. The third kappa shape index (κ3) is 4.97. The summed E-state index contributed by atoms with van der Waals surface area (Å²) in [6.07, 6.45) is 0. The van der Waals surface area contributed by atoms with Gasteiger partial charge in [-0.05, 0) is 41.2 Å². The van der Waals surface area contributed by atoms with Crippen molar-refractivity contribution in [3.63, 3.8) is 0 Å². The van der Waals surface area contributed by atoms with Gasteiger partial charge >= 0.3 is 0 Å². The fraction of sp³-hybridized carbons (Fsp3) is 0.391. The maximum atomic E-state index is 13.1. The monoisotopic (exact) mass is 443 g/mol. The summed E-state index contributed by atoms with van der Waals surface area (Å²) >= 11 is 0. The number of nitrogens with one attached hydrogen (secondary N) is 2. The Morgan fingerprint density at radius 2 is 1.65 bits per heavy atom. The zero-order chi connectivity index (χ0) is 22.8. The lowest BCUT2D eigenvalue weighted by molar-refractivity contribution is -0.122. The molecule has 1 aliphatic rings. The van der Waals surface area contributed by atoms with Gasteiger partial charge in [-0.25, -0.2) is 8.42 Å². The predicted octanol–water partition coefficient (Wildman–Crippen LogP) is 3.31. The molecule has 1 aliphatic heterocycles. The van der Waals surface area contributed by atoms with Crippen molar-refractivity contribution in [2.24, 2.45) is 0 Å². The van der Waals surface area contributed by atoms with Crippen molar-refractivity contribution in [3.8, 4) is 0 Å². The van der Waals surface area contributed by atoms with Crippen molar-refractivity contribution >= 4 is 27.5 Å². The first-order valence-corrected chi connectivity index (χ1v) is 11.9. The maximum Gasteiger partial charge on any atom is 0.255 e. The second-order valence-corrected chi connectivity index (χ2v) is 10.2. The van der Waals surface area contributed by atoms with E-state index in [-0.39, 0.29) is 53.7 Å². The molecule has 0 aromatic heterocycles. The molecule has 0 bridgehead atoms. The van der Waals surface area contributed by atoms with Crippen LogP contribution in [-0.4, -0.2) is 44.2 Å². The van der Waals surface area contributed by atoms with E-state index < -0.39 is 10.0 Å². The van der Waals surface area contributed by atoms with E-state index in [0.29, 0.717) is 0 Å². The van der Waals surface area contributed by atoms with E-state index in [0.717, 1.165) is 21.1 Å². The normalized spacial score (nSPS) is 15.2. The molecule has 3 rings (SSSR count). The summed E-state index contributed by atoms with van der Waals surface area (Å²) in [5.74, 6) is -0.282. The minimum absolute atomic E-state index is 0.00363. The SMILES string of the molecule is CC(C)c1cccc(C(C)C)c1NC(=O)c1cccc(S(=O)(=O)N2CCNC(=O)C2)c1. The van der Waals surface area contributed by atoms with Crippen molar-refractivity contribution in [3.05, 3.63) is 59.2 Å². The molecule has 0 aliphatic carbocycles. The number of carbonyl (C=O) groups excluding carboxylic acids is 2. The smallest absolute Gasteiger partial charge is 0.255 e. The molecule has 166 valence electrons. The van der Waals surface area contributed by atoms with Gasteiger partial charge in [0.2, 0.25) is 15.9 Å². The first kappa shape index (κ1) is 23.0. The summed E-state index contributed by atoms with van der Waals surface area (Å²) in [7, 11) is -3.87. The van der Waals surface area contributed by atoms with Gasteiger partial charge in [-0.3, -0.25) is 9.59 Å². The zero-order valence-corrected chi connectivity index (χ0v) is 19.1. The van der Waals surface area contributed by atoms with Gasteiger partial charge < -0.3 is 10.6 Å². The molecule has 1 heterocycles. The topological polar surface area (TPSA) is 95.6 Å². The molecule has 0 saturated carbocycles. The quantitative estimate of drug-likeness (QED) is 0.716. The number of hydrogen-bond acceptors (Lipinski definition) is 4. The summed E-state index contributed by atoms with van der Waals surface area (Å²) in [5.41, 5.74) is 3.08. The Morgan fingerprint density at radius 3 is 2.23 bits per heavy atom. The molecule has 2 N–H and O–H groups in total. The lowest BCUT2D eigenvalue weighted by Gasteiger charge is -2.26. The van der Waals surface area contributed by atoms with Crippen LogP contribution in [0, 0.1) is 0 Å². The van der Waals surface area contributed by atoms with Crippen LogP contribution < -0.4 is 10.6 Å². The van der Waals surface area contributed by atoms with Crippen LogP contribution in [0.5, 0.6) is 0 Å². The second kappa shape index (κ2) is 9.20. The number of sulfonamides is 1. The van der Waals surface area contributed by atoms with Crippen molar-refractivity contribution in [2.45, 2.75) is 44.4 Å². The number of para-hydroxylation sites is 1. The van der Waals surface area contributed by atoms with E-state index in [1.54, 1.807) is 12.1 Å².